The predicted molar refractivity (Wildman–Crippen MR) is 171 cm³/mol. The van der Waals surface area contributed by atoms with Crippen molar-refractivity contribution in [1.29, 1.82) is 0 Å². The van der Waals surface area contributed by atoms with Crippen molar-refractivity contribution in [2.24, 2.45) is 0 Å². The minimum absolute atomic E-state index is 0.116. The number of fused-ring (bicyclic) bond motifs is 1. The molecule has 42 heavy (non-hydrogen) atoms. The maximum atomic E-state index is 11.9. The van der Waals surface area contributed by atoms with E-state index in [-0.39, 0.29) is 17.4 Å². The van der Waals surface area contributed by atoms with Gasteiger partial charge < -0.3 is 24.7 Å². The van der Waals surface area contributed by atoms with Crippen LogP contribution in [0.3, 0.4) is 0 Å². The number of para-hydroxylation sites is 2. The topological polar surface area (TPSA) is 101 Å². The van der Waals surface area contributed by atoms with Gasteiger partial charge in [-0.15, -0.1) is 0 Å². The molecule has 1 amide bonds. The standard InChI is InChI=1S/C21H28N2O5S.C10H11N.C2H6/c1-23(15-17-7-4-5-8-20(17)27-2)14-6-13-22-21(24)16-28-18-9-11-19(12-10-18)29(3,25)26;1-2-8-7-11-10-6-4-3-5-9(8)10;1-2/h4-5,7-12H,6,13-16H2,1-3H3,(H,22,24);3-7,11H,2H2,1H3;1-2H3. The number of rotatable bonds is 12. The number of hydrogen-bond donors (Lipinski definition) is 2. The number of carbonyl (C=O) groups is 1. The SMILES string of the molecule is CC.CCc1c[nH]c2ccccc12.COc1ccccc1CN(C)CCCNC(=O)COc1ccc(S(C)(=O)=O)cc1. The lowest BCUT2D eigenvalue weighted by atomic mass is 10.1. The molecule has 0 unspecified atom stereocenters. The summed E-state index contributed by atoms with van der Waals surface area (Å²) in [5.41, 5.74) is 3.77. The van der Waals surface area contributed by atoms with Crippen molar-refractivity contribution in [3.05, 3.63) is 90.1 Å². The van der Waals surface area contributed by atoms with Gasteiger partial charge in [0.2, 0.25) is 0 Å². The van der Waals surface area contributed by atoms with Crippen molar-refractivity contribution in [2.45, 2.75) is 45.1 Å². The molecule has 2 N–H and O–H groups in total. The lowest BCUT2D eigenvalue weighted by Gasteiger charge is -2.18. The second kappa shape index (κ2) is 17.9. The number of aromatic amines is 1. The van der Waals surface area contributed by atoms with E-state index < -0.39 is 9.84 Å². The van der Waals surface area contributed by atoms with Gasteiger partial charge in [0.15, 0.2) is 16.4 Å². The smallest absolute Gasteiger partial charge is 0.257 e. The molecule has 0 atom stereocenters. The van der Waals surface area contributed by atoms with Crippen LogP contribution in [-0.4, -0.2) is 64.3 Å². The molecule has 1 heterocycles. The average molecular weight is 596 g/mol. The van der Waals surface area contributed by atoms with Gasteiger partial charge in [-0.05, 0) is 68.4 Å². The summed E-state index contributed by atoms with van der Waals surface area (Å²) in [7, 11) is 0.446. The molecule has 0 aliphatic carbocycles. The molecule has 1 aromatic heterocycles. The van der Waals surface area contributed by atoms with Gasteiger partial charge >= 0.3 is 0 Å². The number of methoxy groups -OCH3 is 1. The lowest BCUT2D eigenvalue weighted by molar-refractivity contribution is -0.123. The Morgan fingerprint density at radius 2 is 1.62 bits per heavy atom. The van der Waals surface area contributed by atoms with Crippen molar-refractivity contribution in [2.75, 3.05) is 40.1 Å². The molecule has 9 heteroatoms. The van der Waals surface area contributed by atoms with Crippen molar-refractivity contribution in [3.63, 3.8) is 0 Å². The van der Waals surface area contributed by atoms with Crippen molar-refractivity contribution < 1.29 is 22.7 Å². The van der Waals surface area contributed by atoms with Gasteiger partial charge in [0, 0.05) is 42.0 Å². The zero-order chi connectivity index (χ0) is 31.0. The molecule has 0 radical (unpaired) electrons. The van der Waals surface area contributed by atoms with Gasteiger partial charge in [0.1, 0.15) is 11.5 Å². The van der Waals surface area contributed by atoms with Crippen LogP contribution in [0.1, 0.15) is 38.3 Å². The summed E-state index contributed by atoms with van der Waals surface area (Å²) in [4.78, 5) is 17.5. The maximum Gasteiger partial charge on any atom is 0.257 e. The fourth-order valence-electron chi connectivity index (χ4n) is 4.19. The highest BCUT2D eigenvalue weighted by Gasteiger charge is 2.09. The fourth-order valence-corrected chi connectivity index (χ4v) is 4.82. The Labute approximate surface area is 251 Å². The van der Waals surface area contributed by atoms with Crippen LogP contribution in [0.15, 0.2) is 83.9 Å². The van der Waals surface area contributed by atoms with Gasteiger partial charge in [-0.25, -0.2) is 8.42 Å². The second-order valence-corrected chi connectivity index (χ2v) is 11.5. The van der Waals surface area contributed by atoms with Crippen LogP contribution in [0.2, 0.25) is 0 Å². The zero-order valence-corrected chi connectivity index (χ0v) is 26.5. The van der Waals surface area contributed by atoms with Crippen LogP contribution >= 0.6 is 0 Å². The number of hydrogen-bond acceptors (Lipinski definition) is 6. The van der Waals surface area contributed by atoms with E-state index in [1.165, 1.54) is 40.7 Å². The molecule has 0 fully saturated rings. The third-order valence-corrected chi connectivity index (χ3v) is 7.48. The zero-order valence-electron chi connectivity index (χ0n) is 25.6. The van der Waals surface area contributed by atoms with E-state index in [4.69, 9.17) is 9.47 Å². The molecule has 0 bridgehead atoms. The van der Waals surface area contributed by atoms with E-state index in [2.05, 4.69) is 52.6 Å². The molecule has 0 saturated heterocycles. The van der Waals surface area contributed by atoms with Crippen molar-refractivity contribution in [1.82, 2.24) is 15.2 Å². The summed E-state index contributed by atoms with van der Waals surface area (Å²) in [6.45, 7) is 8.20. The molecule has 4 rings (SSSR count). The van der Waals surface area contributed by atoms with Crippen LogP contribution in [-0.2, 0) is 27.6 Å². The van der Waals surface area contributed by atoms with Crippen molar-refractivity contribution in [3.8, 4) is 11.5 Å². The summed E-state index contributed by atoms with van der Waals surface area (Å²) >= 11 is 0. The molecule has 4 aromatic rings. The summed E-state index contributed by atoms with van der Waals surface area (Å²) in [5.74, 6) is 1.10. The monoisotopic (exact) mass is 595 g/mol. The van der Waals surface area contributed by atoms with Gasteiger partial charge in [-0.2, -0.15) is 0 Å². The van der Waals surface area contributed by atoms with E-state index in [0.29, 0.717) is 12.3 Å². The summed E-state index contributed by atoms with van der Waals surface area (Å²) in [6, 6.07) is 22.3. The highest BCUT2D eigenvalue weighted by Crippen LogP contribution is 2.19. The van der Waals surface area contributed by atoms with E-state index in [0.717, 1.165) is 43.5 Å². The molecule has 3 aromatic carbocycles. The van der Waals surface area contributed by atoms with E-state index >= 15 is 0 Å². The second-order valence-electron chi connectivity index (χ2n) is 9.50. The Morgan fingerprint density at radius 1 is 0.952 bits per heavy atom. The molecule has 8 nitrogen and oxygen atoms in total. The number of nitrogens with zero attached hydrogens (tertiary/aromatic N) is 1. The van der Waals surface area contributed by atoms with E-state index in [1.54, 1.807) is 7.11 Å². The first-order chi connectivity index (χ1) is 20.2. The largest absolute Gasteiger partial charge is 0.496 e. The minimum atomic E-state index is -3.24. The van der Waals surface area contributed by atoms with Gasteiger partial charge in [-0.3, -0.25) is 4.79 Å². The summed E-state index contributed by atoms with van der Waals surface area (Å²) in [6.07, 6.45) is 5.14. The van der Waals surface area contributed by atoms with Crippen molar-refractivity contribution >= 4 is 26.6 Å². The van der Waals surface area contributed by atoms with E-state index in [9.17, 15) is 13.2 Å². The number of nitrogens with one attached hydrogen (secondary N) is 2. The normalized spacial score (nSPS) is 10.7. The number of benzene rings is 3. The molecule has 0 aliphatic rings. The number of carbonyl (C=O) groups excluding carboxylic acids is 1. The quantitative estimate of drug-likeness (QED) is 0.199. The predicted octanol–water partition coefficient (Wildman–Crippen LogP) is 5.87. The van der Waals surface area contributed by atoms with Gasteiger partial charge in [-0.1, -0.05) is 57.2 Å². The number of ether oxygens (including phenoxy) is 2. The Morgan fingerprint density at radius 3 is 2.29 bits per heavy atom. The first kappa shape index (κ1) is 34.4. The highest BCUT2D eigenvalue weighted by molar-refractivity contribution is 7.90. The number of aryl methyl sites for hydroxylation is 1. The number of amides is 1. The van der Waals surface area contributed by atoms with E-state index in [1.807, 2.05) is 45.2 Å². The first-order valence-electron chi connectivity index (χ1n) is 14.3. The van der Waals surface area contributed by atoms with Crippen LogP contribution < -0.4 is 14.8 Å². The van der Waals surface area contributed by atoms with Crippen LogP contribution in [0.5, 0.6) is 11.5 Å². The van der Waals surface area contributed by atoms with Crippen LogP contribution in [0.4, 0.5) is 0 Å². The van der Waals surface area contributed by atoms with Crippen LogP contribution in [0.25, 0.3) is 10.9 Å². The Balaban J connectivity index is 0.000000390. The minimum Gasteiger partial charge on any atom is -0.496 e. The number of sulfone groups is 1. The molecular weight excluding hydrogens is 550 g/mol. The Kier molecular flexibility index (Phi) is 14.6. The van der Waals surface area contributed by atoms with Crippen LogP contribution in [0, 0.1) is 0 Å². The number of H-pyrrole nitrogens is 1. The summed E-state index contributed by atoms with van der Waals surface area (Å²) < 4.78 is 33.6. The molecule has 228 valence electrons. The maximum absolute atomic E-state index is 11.9. The Bertz CT molecular complexity index is 1470. The highest BCUT2D eigenvalue weighted by atomic mass is 32.2. The molecule has 0 aliphatic heterocycles. The lowest BCUT2D eigenvalue weighted by Crippen LogP contribution is -2.31. The fraction of sp³-hybridized carbons (Fsp3) is 0.364. The third kappa shape index (κ3) is 11.2. The summed E-state index contributed by atoms with van der Waals surface area (Å²) in [5, 5.41) is 4.18. The van der Waals surface area contributed by atoms with Gasteiger partial charge in [0.25, 0.3) is 5.91 Å². The first-order valence-corrected chi connectivity index (χ1v) is 16.2. The molecule has 0 spiro atoms. The van der Waals surface area contributed by atoms with Gasteiger partial charge in [0.05, 0.1) is 12.0 Å². The number of aromatic nitrogens is 1. The third-order valence-electron chi connectivity index (χ3n) is 6.35. The average Bonchev–Trinajstić information content (AvgIpc) is 3.43. The Hall–Kier alpha value is -3.82. The molecular formula is C33H45N3O5S. The molecule has 0 saturated carbocycles.